The lowest BCUT2D eigenvalue weighted by Gasteiger charge is -2.23. The van der Waals surface area contributed by atoms with Gasteiger partial charge < -0.3 is 5.32 Å². The third-order valence-corrected chi connectivity index (χ3v) is 6.65. The van der Waals surface area contributed by atoms with Gasteiger partial charge in [-0.2, -0.15) is 4.31 Å². The van der Waals surface area contributed by atoms with Gasteiger partial charge in [-0.15, -0.1) is 0 Å². The molecule has 0 aliphatic heterocycles. The average molecular weight is 474 g/mol. The molecule has 2 aromatic carbocycles. The summed E-state index contributed by atoms with van der Waals surface area (Å²) >= 11 is 9.23. The van der Waals surface area contributed by atoms with Gasteiger partial charge in [0.05, 0.1) is 11.4 Å². The van der Waals surface area contributed by atoms with Crippen molar-refractivity contribution in [1.82, 2.24) is 9.62 Å². The number of nitrogens with zero attached hydrogens (tertiary/aromatic N) is 1. The molecule has 0 unspecified atom stereocenters. The molecule has 0 fully saturated rings. The normalized spacial score (nSPS) is 12.8. The van der Waals surface area contributed by atoms with Crippen molar-refractivity contribution in [3.63, 3.8) is 0 Å². The van der Waals surface area contributed by atoms with E-state index in [0.29, 0.717) is 5.02 Å². The number of hydrogen-bond acceptors (Lipinski definition) is 3. The smallest absolute Gasteiger partial charge is 0.243 e. The zero-order valence-electron chi connectivity index (χ0n) is 15.2. The first-order valence-corrected chi connectivity index (χ1v) is 11.1. The monoisotopic (exact) mass is 472 g/mol. The zero-order valence-corrected chi connectivity index (χ0v) is 18.3. The molecule has 0 aliphatic rings. The molecule has 1 atom stereocenters. The van der Waals surface area contributed by atoms with Crippen molar-refractivity contribution in [1.29, 1.82) is 0 Å². The number of carbonyl (C=O) groups excluding carboxylic acids is 1. The van der Waals surface area contributed by atoms with E-state index in [1.165, 1.54) is 28.6 Å². The van der Waals surface area contributed by atoms with Crippen molar-refractivity contribution in [2.24, 2.45) is 0 Å². The van der Waals surface area contributed by atoms with Crippen LogP contribution in [0.1, 0.15) is 25.8 Å². The van der Waals surface area contributed by atoms with Gasteiger partial charge in [0.25, 0.3) is 0 Å². The second-order valence-electron chi connectivity index (χ2n) is 6.23. The Morgan fingerprint density at radius 2 is 1.74 bits per heavy atom. The van der Waals surface area contributed by atoms with Gasteiger partial charge in [-0.25, -0.2) is 8.42 Å². The van der Waals surface area contributed by atoms with Crippen LogP contribution in [-0.4, -0.2) is 31.2 Å². The van der Waals surface area contributed by atoms with E-state index < -0.39 is 10.0 Å². The van der Waals surface area contributed by atoms with Crippen LogP contribution in [0, 0.1) is 0 Å². The highest BCUT2D eigenvalue weighted by Crippen LogP contribution is 2.21. The number of carbonyl (C=O) groups is 1. The summed E-state index contributed by atoms with van der Waals surface area (Å²) in [6.07, 6.45) is 0.766. The van der Waals surface area contributed by atoms with Gasteiger partial charge in [0.2, 0.25) is 15.9 Å². The van der Waals surface area contributed by atoms with E-state index >= 15 is 0 Å². The Hall–Kier alpha value is -1.41. The SMILES string of the molecule is CC[C@H](C)NC(=O)CN(Cc1ccc(Br)cc1)S(=O)(=O)c1ccc(Cl)cc1. The number of amides is 1. The summed E-state index contributed by atoms with van der Waals surface area (Å²) in [5.74, 6) is -0.334. The Morgan fingerprint density at radius 3 is 2.30 bits per heavy atom. The third kappa shape index (κ3) is 6.31. The molecular formula is C19H22BrClN2O3S. The molecule has 1 N–H and O–H groups in total. The standard InChI is InChI=1S/C19H22BrClN2O3S/c1-3-14(2)22-19(24)13-23(12-15-4-6-16(20)7-5-15)27(25,26)18-10-8-17(21)9-11-18/h4-11,14H,3,12-13H2,1-2H3,(H,22,24)/t14-/m0/s1. The maximum absolute atomic E-state index is 13.1. The average Bonchev–Trinajstić information content (AvgIpc) is 2.63. The summed E-state index contributed by atoms with van der Waals surface area (Å²) in [4.78, 5) is 12.5. The van der Waals surface area contributed by atoms with E-state index in [1.54, 1.807) is 0 Å². The molecule has 5 nitrogen and oxygen atoms in total. The van der Waals surface area contributed by atoms with Crippen molar-refractivity contribution >= 4 is 43.5 Å². The minimum Gasteiger partial charge on any atom is -0.353 e. The van der Waals surface area contributed by atoms with Gasteiger partial charge in [0.15, 0.2) is 0 Å². The third-order valence-electron chi connectivity index (χ3n) is 4.06. The molecule has 0 saturated carbocycles. The minimum absolute atomic E-state index is 0.0229. The topological polar surface area (TPSA) is 66.5 Å². The van der Waals surface area contributed by atoms with E-state index in [-0.39, 0.29) is 29.9 Å². The minimum atomic E-state index is -3.86. The molecule has 8 heteroatoms. The number of benzene rings is 2. The summed E-state index contributed by atoms with van der Waals surface area (Å²) in [7, 11) is -3.86. The first-order chi connectivity index (χ1) is 12.7. The fraction of sp³-hybridized carbons (Fsp3) is 0.316. The fourth-order valence-corrected chi connectivity index (χ4v) is 4.13. The van der Waals surface area contributed by atoms with Crippen molar-refractivity contribution < 1.29 is 13.2 Å². The van der Waals surface area contributed by atoms with Crippen molar-refractivity contribution in [3.8, 4) is 0 Å². The maximum Gasteiger partial charge on any atom is 0.243 e. The van der Waals surface area contributed by atoms with Crippen LogP contribution in [0.5, 0.6) is 0 Å². The van der Waals surface area contributed by atoms with Crippen LogP contribution in [-0.2, 0) is 21.4 Å². The first kappa shape index (κ1) is 21.9. The highest BCUT2D eigenvalue weighted by Gasteiger charge is 2.27. The van der Waals surface area contributed by atoms with Crippen molar-refractivity contribution in [3.05, 3.63) is 63.6 Å². The van der Waals surface area contributed by atoms with E-state index in [4.69, 9.17) is 11.6 Å². The number of rotatable bonds is 8. The Kier molecular flexibility index (Phi) is 7.85. The Labute approximate surface area is 173 Å². The largest absolute Gasteiger partial charge is 0.353 e. The zero-order chi connectivity index (χ0) is 20.0. The van der Waals surface area contributed by atoms with Crippen LogP contribution in [0.3, 0.4) is 0 Å². The lowest BCUT2D eigenvalue weighted by molar-refractivity contribution is -0.122. The van der Waals surface area contributed by atoms with Crippen LogP contribution in [0.4, 0.5) is 0 Å². The Morgan fingerprint density at radius 1 is 1.15 bits per heavy atom. The predicted octanol–water partition coefficient (Wildman–Crippen LogP) is 4.21. The fourth-order valence-electron chi connectivity index (χ4n) is 2.36. The molecule has 146 valence electrons. The number of nitrogens with one attached hydrogen (secondary N) is 1. The molecule has 0 bridgehead atoms. The molecule has 0 radical (unpaired) electrons. The van der Waals surface area contributed by atoms with E-state index in [1.807, 2.05) is 38.1 Å². The molecular weight excluding hydrogens is 452 g/mol. The molecule has 0 spiro atoms. The van der Waals surface area contributed by atoms with E-state index in [0.717, 1.165) is 16.5 Å². The highest BCUT2D eigenvalue weighted by atomic mass is 79.9. The predicted molar refractivity (Wildman–Crippen MR) is 111 cm³/mol. The van der Waals surface area contributed by atoms with Crippen LogP contribution in [0.15, 0.2) is 57.9 Å². The second kappa shape index (κ2) is 9.68. The van der Waals surface area contributed by atoms with Gasteiger partial charge in [-0.3, -0.25) is 4.79 Å². The van der Waals surface area contributed by atoms with Gasteiger partial charge in [-0.1, -0.05) is 46.6 Å². The quantitative estimate of drug-likeness (QED) is 0.624. The van der Waals surface area contributed by atoms with Crippen LogP contribution >= 0.6 is 27.5 Å². The van der Waals surface area contributed by atoms with Crippen LogP contribution in [0.2, 0.25) is 5.02 Å². The molecule has 2 rings (SSSR count). The van der Waals surface area contributed by atoms with Crippen molar-refractivity contribution in [2.45, 2.75) is 37.8 Å². The molecule has 0 heterocycles. The molecule has 2 aromatic rings. The lowest BCUT2D eigenvalue weighted by Crippen LogP contribution is -2.43. The van der Waals surface area contributed by atoms with E-state index in [2.05, 4.69) is 21.2 Å². The summed E-state index contributed by atoms with van der Waals surface area (Å²) in [6.45, 7) is 3.66. The number of sulfonamides is 1. The summed E-state index contributed by atoms with van der Waals surface area (Å²) in [5, 5.41) is 3.26. The summed E-state index contributed by atoms with van der Waals surface area (Å²) < 4.78 is 28.3. The lowest BCUT2D eigenvalue weighted by atomic mass is 10.2. The van der Waals surface area contributed by atoms with Gasteiger partial charge in [-0.05, 0) is 55.3 Å². The summed E-state index contributed by atoms with van der Waals surface area (Å²) in [6, 6.07) is 13.2. The number of hydrogen-bond donors (Lipinski definition) is 1. The number of halogens is 2. The van der Waals surface area contributed by atoms with Gasteiger partial charge in [0.1, 0.15) is 0 Å². The second-order valence-corrected chi connectivity index (χ2v) is 9.52. The maximum atomic E-state index is 13.1. The van der Waals surface area contributed by atoms with Crippen molar-refractivity contribution in [2.75, 3.05) is 6.54 Å². The van der Waals surface area contributed by atoms with E-state index in [9.17, 15) is 13.2 Å². The Bertz CT molecular complexity index is 871. The Balaban J connectivity index is 2.31. The van der Waals surface area contributed by atoms with Gasteiger partial charge in [0, 0.05) is 22.1 Å². The highest BCUT2D eigenvalue weighted by molar-refractivity contribution is 9.10. The molecule has 0 aromatic heterocycles. The van der Waals surface area contributed by atoms with Gasteiger partial charge >= 0.3 is 0 Å². The molecule has 0 aliphatic carbocycles. The molecule has 27 heavy (non-hydrogen) atoms. The summed E-state index contributed by atoms with van der Waals surface area (Å²) in [5.41, 5.74) is 0.784. The molecule has 0 saturated heterocycles. The van der Waals surface area contributed by atoms with Crippen LogP contribution in [0.25, 0.3) is 0 Å². The van der Waals surface area contributed by atoms with Crippen LogP contribution < -0.4 is 5.32 Å². The first-order valence-electron chi connectivity index (χ1n) is 8.52. The molecule has 1 amide bonds.